The van der Waals surface area contributed by atoms with Crippen LogP contribution in [0.3, 0.4) is 0 Å². The molecule has 1 saturated carbocycles. The molecule has 2 atom stereocenters. The molecule has 0 aromatic rings. The molecule has 2 unspecified atom stereocenters. The number of nitrogens with one attached hydrogen (secondary N) is 1. The van der Waals surface area contributed by atoms with E-state index in [4.69, 9.17) is 5.73 Å². The minimum Gasteiger partial charge on any atom is -0.342 e. The summed E-state index contributed by atoms with van der Waals surface area (Å²) in [5.74, 6) is 0.267. The maximum absolute atomic E-state index is 12.0. The van der Waals surface area contributed by atoms with E-state index in [1.165, 1.54) is 32.1 Å². The largest absolute Gasteiger partial charge is 0.342 e. The number of nitrogens with zero attached hydrogens (tertiary/aromatic N) is 1. The lowest BCUT2D eigenvalue weighted by Crippen LogP contribution is -2.46. The zero-order chi connectivity index (χ0) is 12.1. The summed E-state index contributed by atoms with van der Waals surface area (Å²) in [5.41, 5.74) is 5.94. The molecule has 17 heavy (non-hydrogen) atoms. The SMILES string of the molecule is NC1CCCC(NCC(=O)N2CCCCC2)C1. The van der Waals surface area contributed by atoms with Crippen LogP contribution in [-0.2, 0) is 4.79 Å². The summed E-state index contributed by atoms with van der Waals surface area (Å²) in [6, 6.07) is 0.777. The molecule has 98 valence electrons. The van der Waals surface area contributed by atoms with Crippen LogP contribution in [0.15, 0.2) is 0 Å². The first-order chi connectivity index (χ1) is 8.25. The Bertz CT molecular complexity index is 251. The zero-order valence-corrected chi connectivity index (χ0v) is 10.7. The van der Waals surface area contributed by atoms with E-state index in [0.29, 0.717) is 18.6 Å². The van der Waals surface area contributed by atoms with Crippen LogP contribution in [0.4, 0.5) is 0 Å². The van der Waals surface area contributed by atoms with Gasteiger partial charge in [-0.3, -0.25) is 4.79 Å². The van der Waals surface area contributed by atoms with E-state index in [1.807, 2.05) is 4.90 Å². The summed E-state index contributed by atoms with van der Waals surface area (Å²) in [5, 5.41) is 3.38. The van der Waals surface area contributed by atoms with Crippen molar-refractivity contribution < 1.29 is 4.79 Å². The number of rotatable bonds is 3. The first kappa shape index (κ1) is 12.8. The standard InChI is InChI=1S/C13H25N3O/c14-11-5-4-6-12(9-11)15-10-13(17)16-7-2-1-3-8-16/h11-12,15H,1-10,14H2. The van der Waals surface area contributed by atoms with Gasteiger partial charge in [0.25, 0.3) is 0 Å². The quantitative estimate of drug-likeness (QED) is 0.768. The van der Waals surface area contributed by atoms with Crippen LogP contribution in [0.2, 0.25) is 0 Å². The van der Waals surface area contributed by atoms with E-state index in [0.717, 1.165) is 25.9 Å². The molecule has 1 aliphatic carbocycles. The Morgan fingerprint density at radius 2 is 1.94 bits per heavy atom. The molecular formula is C13H25N3O. The summed E-state index contributed by atoms with van der Waals surface area (Å²) in [7, 11) is 0. The number of nitrogens with two attached hydrogens (primary N) is 1. The Balaban J connectivity index is 1.68. The summed E-state index contributed by atoms with van der Waals surface area (Å²) in [4.78, 5) is 14.0. The van der Waals surface area contributed by atoms with E-state index in [9.17, 15) is 4.79 Å². The highest BCUT2D eigenvalue weighted by Gasteiger charge is 2.21. The highest BCUT2D eigenvalue weighted by Crippen LogP contribution is 2.16. The Labute approximate surface area is 104 Å². The highest BCUT2D eigenvalue weighted by molar-refractivity contribution is 5.78. The predicted octanol–water partition coefficient (Wildman–Crippen LogP) is 0.858. The molecule has 1 aliphatic heterocycles. The fourth-order valence-electron chi connectivity index (χ4n) is 2.90. The van der Waals surface area contributed by atoms with Gasteiger partial charge in [0, 0.05) is 25.2 Å². The van der Waals surface area contributed by atoms with Crippen molar-refractivity contribution in [1.82, 2.24) is 10.2 Å². The van der Waals surface area contributed by atoms with Gasteiger partial charge in [-0.15, -0.1) is 0 Å². The van der Waals surface area contributed by atoms with E-state index >= 15 is 0 Å². The number of carbonyl (C=O) groups is 1. The van der Waals surface area contributed by atoms with Gasteiger partial charge in [-0.25, -0.2) is 0 Å². The molecule has 0 bridgehead atoms. The molecule has 0 radical (unpaired) electrons. The van der Waals surface area contributed by atoms with Gasteiger partial charge in [-0.2, -0.15) is 0 Å². The topological polar surface area (TPSA) is 58.4 Å². The lowest BCUT2D eigenvalue weighted by atomic mass is 9.92. The van der Waals surface area contributed by atoms with Crippen LogP contribution in [0.1, 0.15) is 44.9 Å². The first-order valence-electron chi connectivity index (χ1n) is 7.02. The number of carbonyl (C=O) groups excluding carboxylic acids is 1. The Kier molecular flexibility index (Phi) is 4.80. The van der Waals surface area contributed by atoms with Gasteiger partial charge in [-0.05, 0) is 38.5 Å². The van der Waals surface area contributed by atoms with Crippen molar-refractivity contribution in [2.24, 2.45) is 5.73 Å². The van der Waals surface area contributed by atoms with Gasteiger partial charge in [0.05, 0.1) is 6.54 Å². The molecule has 0 aromatic heterocycles. The van der Waals surface area contributed by atoms with Crippen LogP contribution < -0.4 is 11.1 Å². The van der Waals surface area contributed by atoms with Crippen molar-refractivity contribution in [2.75, 3.05) is 19.6 Å². The van der Waals surface area contributed by atoms with Crippen LogP contribution in [-0.4, -0.2) is 42.5 Å². The number of piperidine rings is 1. The van der Waals surface area contributed by atoms with Crippen LogP contribution in [0.25, 0.3) is 0 Å². The minimum atomic E-state index is 0.267. The molecule has 1 heterocycles. The molecule has 0 aromatic carbocycles. The fourth-order valence-corrected chi connectivity index (χ4v) is 2.90. The molecule has 1 amide bonds. The van der Waals surface area contributed by atoms with Gasteiger partial charge in [-0.1, -0.05) is 6.42 Å². The molecule has 1 saturated heterocycles. The second-order valence-electron chi connectivity index (χ2n) is 5.45. The molecule has 4 nitrogen and oxygen atoms in total. The number of likely N-dealkylation sites (tertiary alicyclic amines) is 1. The van der Waals surface area contributed by atoms with Crippen molar-refractivity contribution in [3.05, 3.63) is 0 Å². The maximum atomic E-state index is 12.0. The smallest absolute Gasteiger partial charge is 0.236 e. The van der Waals surface area contributed by atoms with Gasteiger partial charge < -0.3 is 16.0 Å². The zero-order valence-electron chi connectivity index (χ0n) is 10.7. The van der Waals surface area contributed by atoms with E-state index < -0.39 is 0 Å². The lowest BCUT2D eigenvalue weighted by Gasteiger charge is -2.30. The molecule has 2 fully saturated rings. The van der Waals surface area contributed by atoms with Gasteiger partial charge in [0.1, 0.15) is 0 Å². The summed E-state index contributed by atoms with van der Waals surface area (Å²) < 4.78 is 0. The highest BCUT2D eigenvalue weighted by atomic mass is 16.2. The Morgan fingerprint density at radius 3 is 2.65 bits per heavy atom. The second-order valence-corrected chi connectivity index (χ2v) is 5.45. The first-order valence-corrected chi connectivity index (χ1v) is 7.02. The van der Waals surface area contributed by atoms with Gasteiger partial charge >= 0.3 is 0 Å². The summed E-state index contributed by atoms with van der Waals surface area (Å²) in [6.07, 6.45) is 8.12. The normalized spacial score (nSPS) is 30.3. The summed E-state index contributed by atoms with van der Waals surface area (Å²) in [6.45, 7) is 2.40. The van der Waals surface area contributed by atoms with Crippen LogP contribution in [0.5, 0.6) is 0 Å². The van der Waals surface area contributed by atoms with Crippen LogP contribution >= 0.6 is 0 Å². The minimum absolute atomic E-state index is 0.267. The van der Waals surface area contributed by atoms with Gasteiger partial charge in [0.2, 0.25) is 5.91 Å². The van der Waals surface area contributed by atoms with Crippen molar-refractivity contribution in [1.29, 1.82) is 0 Å². The van der Waals surface area contributed by atoms with Gasteiger partial charge in [0.15, 0.2) is 0 Å². The van der Waals surface area contributed by atoms with Crippen molar-refractivity contribution in [3.63, 3.8) is 0 Å². The van der Waals surface area contributed by atoms with Crippen molar-refractivity contribution >= 4 is 5.91 Å². The second kappa shape index (κ2) is 6.36. The third-order valence-electron chi connectivity index (χ3n) is 3.97. The average Bonchev–Trinajstić information content (AvgIpc) is 2.37. The van der Waals surface area contributed by atoms with E-state index in [2.05, 4.69) is 5.32 Å². The molecular weight excluding hydrogens is 214 g/mol. The fraction of sp³-hybridized carbons (Fsp3) is 0.923. The lowest BCUT2D eigenvalue weighted by molar-refractivity contribution is -0.131. The van der Waals surface area contributed by atoms with Crippen molar-refractivity contribution in [2.45, 2.75) is 57.0 Å². The third-order valence-corrected chi connectivity index (χ3v) is 3.97. The maximum Gasteiger partial charge on any atom is 0.236 e. The van der Waals surface area contributed by atoms with E-state index in [1.54, 1.807) is 0 Å². The van der Waals surface area contributed by atoms with Crippen LogP contribution in [0, 0.1) is 0 Å². The number of hydrogen-bond acceptors (Lipinski definition) is 3. The summed E-state index contributed by atoms with van der Waals surface area (Å²) >= 11 is 0. The molecule has 2 rings (SSSR count). The van der Waals surface area contributed by atoms with E-state index in [-0.39, 0.29) is 5.91 Å². The molecule has 4 heteroatoms. The number of hydrogen-bond donors (Lipinski definition) is 2. The Morgan fingerprint density at radius 1 is 1.18 bits per heavy atom. The predicted molar refractivity (Wildman–Crippen MR) is 68.7 cm³/mol. The third kappa shape index (κ3) is 3.96. The molecule has 0 spiro atoms. The molecule has 2 aliphatic rings. The van der Waals surface area contributed by atoms with Crippen molar-refractivity contribution in [3.8, 4) is 0 Å². The Hall–Kier alpha value is -0.610. The number of amides is 1. The monoisotopic (exact) mass is 239 g/mol. The average molecular weight is 239 g/mol. The molecule has 3 N–H and O–H groups in total.